The lowest BCUT2D eigenvalue weighted by atomic mass is 10.1. The average Bonchev–Trinajstić information content (AvgIpc) is 2.86. The lowest BCUT2D eigenvalue weighted by Crippen LogP contribution is -2.14. The third kappa shape index (κ3) is 3.86. The summed E-state index contributed by atoms with van der Waals surface area (Å²) in [4.78, 5) is 12.1. The first-order valence-corrected chi connectivity index (χ1v) is 7.40. The van der Waals surface area contributed by atoms with Crippen LogP contribution in [0, 0.1) is 22.0 Å². The van der Waals surface area contributed by atoms with E-state index in [4.69, 9.17) is 21.3 Å². The molecule has 6 heteroatoms. The van der Waals surface area contributed by atoms with Gasteiger partial charge in [0.05, 0.1) is 0 Å². The smallest absolute Gasteiger partial charge is 0.266 e. The molecule has 4 nitrogen and oxygen atoms in total. The van der Waals surface area contributed by atoms with Crippen LogP contribution in [0.4, 0.5) is 5.69 Å². The van der Waals surface area contributed by atoms with Crippen LogP contribution in [0.5, 0.6) is 0 Å². The number of carbonyl (C=O) groups excluding carboxylic acids is 1. The number of nitrogens with one attached hydrogen (secondary N) is 1. The molecule has 0 saturated carbocycles. The molecule has 1 N–H and O–H groups in total. The Bertz CT molecular complexity index is 759. The summed E-state index contributed by atoms with van der Waals surface area (Å²) in [6.45, 7) is 1.79. The minimum atomic E-state index is -0.505. The van der Waals surface area contributed by atoms with E-state index in [0.717, 1.165) is 5.56 Å². The molecule has 0 aliphatic rings. The summed E-state index contributed by atoms with van der Waals surface area (Å²) < 4.78 is 6.00. The van der Waals surface area contributed by atoms with Gasteiger partial charge in [-0.25, -0.2) is 0 Å². The van der Waals surface area contributed by atoms with E-state index in [1.807, 2.05) is 28.7 Å². The summed E-state index contributed by atoms with van der Waals surface area (Å²) in [7, 11) is 0. The van der Waals surface area contributed by atoms with E-state index in [2.05, 4.69) is 5.32 Å². The molecule has 1 heterocycles. The molecule has 0 aliphatic carbocycles. The normalized spacial score (nSPS) is 11.0. The van der Waals surface area contributed by atoms with Crippen LogP contribution in [0.25, 0.3) is 6.08 Å². The number of halogens is 2. The zero-order valence-corrected chi connectivity index (χ0v) is 13.9. The highest BCUT2D eigenvalue weighted by molar-refractivity contribution is 14.1. The largest absolute Gasteiger partial charge is 0.451 e. The van der Waals surface area contributed by atoms with Gasteiger partial charge in [-0.1, -0.05) is 17.7 Å². The molecule has 0 atom stereocenters. The van der Waals surface area contributed by atoms with Gasteiger partial charge >= 0.3 is 0 Å². The van der Waals surface area contributed by atoms with Crippen molar-refractivity contribution in [1.29, 1.82) is 5.26 Å². The Labute approximate surface area is 140 Å². The first-order chi connectivity index (χ1) is 10.0. The maximum absolute atomic E-state index is 12.1. The summed E-state index contributed by atoms with van der Waals surface area (Å²) in [6, 6.07) is 10.5. The summed E-state index contributed by atoms with van der Waals surface area (Å²) >= 11 is 8.01. The van der Waals surface area contributed by atoms with Crippen LogP contribution in [0.2, 0.25) is 5.02 Å². The second-order valence-electron chi connectivity index (χ2n) is 4.18. The van der Waals surface area contributed by atoms with Gasteiger partial charge in [0.2, 0.25) is 0 Å². The topological polar surface area (TPSA) is 66.0 Å². The standard InChI is InChI=1S/C15H10ClIN2O2/c1-9-12(16)3-2-4-13(9)19-15(20)10(8-18)7-11-5-6-14(17)21-11/h2-7H,1H3,(H,19,20)/b10-7+. The Morgan fingerprint density at radius 1 is 1.43 bits per heavy atom. The number of benzene rings is 1. The van der Waals surface area contributed by atoms with Crippen LogP contribution in [-0.4, -0.2) is 5.91 Å². The van der Waals surface area contributed by atoms with Gasteiger partial charge in [-0.05, 0) is 59.3 Å². The maximum Gasteiger partial charge on any atom is 0.266 e. The van der Waals surface area contributed by atoms with Crippen molar-refractivity contribution in [1.82, 2.24) is 0 Å². The van der Waals surface area contributed by atoms with Crippen LogP contribution < -0.4 is 5.32 Å². The predicted molar refractivity (Wildman–Crippen MR) is 89.8 cm³/mol. The van der Waals surface area contributed by atoms with Crippen LogP contribution >= 0.6 is 34.2 Å². The fourth-order valence-corrected chi connectivity index (χ4v) is 2.24. The fourth-order valence-electron chi connectivity index (χ4n) is 1.63. The molecule has 1 aromatic carbocycles. The van der Waals surface area contributed by atoms with Crippen LogP contribution in [-0.2, 0) is 4.79 Å². The molecule has 2 aromatic rings. The van der Waals surface area contributed by atoms with Gasteiger partial charge in [0.15, 0.2) is 3.77 Å². The molecule has 0 bridgehead atoms. The highest BCUT2D eigenvalue weighted by Gasteiger charge is 2.12. The molecule has 0 unspecified atom stereocenters. The number of hydrogen-bond acceptors (Lipinski definition) is 3. The number of hydrogen-bond donors (Lipinski definition) is 1. The molecule has 2 rings (SSSR count). The molecule has 0 saturated heterocycles. The molecule has 0 radical (unpaired) electrons. The van der Waals surface area contributed by atoms with Crippen molar-refractivity contribution >= 4 is 51.9 Å². The summed E-state index contributed by atoms with van der Waals surface area (Å²) in [6.07, 6.45) is 1.40. The second-order valence-corrected chi connectivity index (χ2v) is 5.65. The number of nitrogens with zero attached hydrogens (tertiary/aromatic N) is 1. The Kier molecular flexibility index (Phi) is 5.04. The SMILES string of the molecule is Cc1c(Cl)cccc1NC(=O)/C(C#N)=C/c1ccc(I)o1. The number of furan rings is 1. The van der Waals surface area contributed by atoms with Crippen molar-refractivity contribution in [3.8, 4) is 6.07 Å². The zero-order valence-electron chi connectivity index (χ0n) is 11.0. The summed E-state index contributed by atoms with van der Waals surface area (Å²) in [5, 5.41) is 12.3. The molecule has 0 aliphatic heterocycles. The molecule has 0 fully saturated rings. The van der Waals surface area contributed by atoms with E-state index >= 15 is 0 Å². The van der Waals surface area contributed by atoms with E-state index in [-0.39, 0.29) is 5.57 Å². The summed E-state index contributed by atoms with van der Waals surface area (Å²) in [5.74, 6) is -0.0526. The summed E-state index contributed by atoms with van der Waals surface area (Å²) in [5.41, 5.74) is 1.28. The lowest BCUT2D eigenvalue weighted by Gasteiger charge is -2.08. The van der Waals surface area contributed by atoms with Gasteiger partial charge in [0.25, 0.3) is 5.91 Å². The van der Waals surface area contributed by atoms with Crippen molar-refractivity contribution in [2.75, 3.05) is 5.32 Å². The van der Waals surface area contributed by atoms with Gasteiger partial charge in [-0.15, -0.1) is 0 Å². The van der Waals surface area contributed by atoms with Gasteiger partial charge < -0.3 is 9.73 Å². The number of amides is 1. The maximum atomic E-state index is 12.1. The third-order valence-electron chi connectivity index (χ3n) is 2.76. The van der Waals surface area contributed by atoms with Gasteiger partial charge in [-0.2, -0.15) is 5.26 Å². The van der Waals surface area contributed by atoms with E-state index in [0.29, 0.717) is 20.2 Å². The van der Waals surface area contributed by atoms with Crippen molar-refractivity contribution in [3.63, 3.8) is 0 Å². The number of carbonyl (C=O) groups is 1. The van der Waals surface area contributed by atoms with Crippen LogP contribution in [0.3, 0.4) is 0 Å². The minimum absolute atomic E-state index is 0.0416. The molecule has 0 spiro atoms. The minimum Gasteiger partial charge on any atom is -0.451 e. The first kappa shape index (κ1) is 15.6. The Hall–Kier alpha value is -1.78. The predicted octanol–water partition coefficient (Wildman–Crippen LogP) is 4.39. The second kappa shape index (κ2) is 6.78. The first-order valence-electron chi connectivity index (χ1n) is 5.95. The van der Waals surface area contributed by atoms with Crippen LogP contribution in [0.1, 0.15) is 11.3 Å². The van der Waals surface area contributed by atoms with Crippen molar-refractivity contribution < 1.29 is 9.21 Å². The van der Waals surface area contributed by atoms with Crippen LogP contribution in [0.15, 0.2) is 40.3 Å². The number of anilines is 1. The average molecular weight is 413 g/mol. The lowest BCUT2D eigenvalue weighted by molar-refractivity contribution is -0.112. The monoisotopic (exact) mass is 412 g/mol. The Morgan fingerprint density at radius 3 is 2.81 bits per heavy atom. The molecule has 1 aromatic heterocycles. The molecular weight excluding hydrogens is 403 g/mol. The van der Waals surface area contributed by atoms with Crippen molar-refractivity contribution in [2.24, 2.45) is 0 Å². The number of rotatable bonds is 3. The molecule has 21 heavy (non-hydrogen) atoms. The van der Waals surface area contributed by atoms with Crippen molar-refractivity contribution in [2.45, 2.75) is 6.92 Å². The van der Waals surface area contributed by atoms with Crippen molar-refractivity contribution in [3.05, 3.63) is 56.0 Å². The zero-order chi connectivity index (χ0) is 15.4. The highest BCUT2D eigenvalue weighted by atomic mass is 127. The van der Waals surface area contributed by atoms with Gasteiger partial charge in [0, 0.05) is 16.8 Å². The van der Waals surface area contributed by atoms with Gasteiger partial charge in [-0.3, -0.25) is 4.79 Å². The molecular formula is C15H10ClIN2O2. The third-order valence-corrected chi connectivity index (χ3v) is 3.75. The van der Waals surface area contributed by atoms with Gasteiger partial charge in [0.1, 0.15) is 17.4 Å². The van der Waals surface area contributed by atoms with E-state index < -0.39 is 5.91 Å². The molecule has 1 amide bonds. The fraction of sp³-hybridized carbons (Fsp3) is 0.0667. The Morgan fingerprint density at radius 2 is 2.19 bits per heavy atom. The number of nitriles is 1. The van der Waals surface area contributed by atoms with E-state index in [1.54, 1.807) is 37.3 Å². The quantitative estimate of drug-likeness (QED) is 0.462. The van der Waals surface area contributed by atoms with E-state index in [9.17, 15) is 4.79 Å². The highest BCUT2D eigenvalue weighted by Crippen LogP contribution is 2.23. The Balaban J connectivity index is 2.24. The van der Waals surface area contributed by atoms with E-state index in [1.165, 1.54) is 6.08 Å². The molecule has 106 valence electrons.